The third-order valence-corrected chi connectivity index (χ3v) is 5.02. The number of likely N-dealkylation sites (N-methyl/N-ethyl adjacent to an activating group) is 1. The van der Waals surface area contributed by atoms with E-state index < -0.39 is 0 Å². The van der Waals surface area contributed by atoms with Crippen molar-refractivity contribution in [3.05, 3.63) is 59.7 Å². The lowest BCUT2D eigenvalue weighted by Crippen LogP contribution is -2.37. The third kappa shape index (κ3) is 3.48. The minimum atomic E-state index is -0.298. The molecular weight excluding hydrogens is 314 g/mol. The molecule has 4 nitrogen and oxygen atoms in total. The molecule has 1 aliphatic rings. The first-order chi connectivity index (χ1) is 12.1. The van der Waals surface area contributed by atoms with Gasteiger partial charge in [0.1, 0.15) is 0 Å². The minimum Gasteiger partial charge on any atom is -0.493 e. The van der Waals surface area contributed by atoms with Gasteiger partial charge in [0.25, 0.3) is 0 Å². The molecule has 0 atom stereocenters. The topological polar surface area (TPSA) is 38.8 Å². The van der Waals surface area contributed by atoms with Gasteiger partial charge in [-0.25, -0.2) is 0 Å². The fraction of sp³-hybridized carbons (Fsp3) is 0.381. The lowest BCUT2D eigenvalue weighted by Gasteiger charge is -2.24. The third-order valence-electron chi connectivity index (χ3n) is 5.02. The van der Waals surface area contributed by atoms with E-state index in [-0.39, 0.29) is 11.3 Å². The zero-order valence-electron chi connectivity index (χ0n) is 15.1. The van der Waals surface area contributed by atoms with Crippen molar-refractivity contribution in [2.75, 3.05) is 27.8 Å². The van der Waals surface area contributed by atoms with E-state index in [0.717, 1.165) is 41.9 Å². The number of methoxy groups -OCH3 is 2. The van der Waals surface area contributed by atoms with Gasteiger partial charge >= 0.3 is 0 Å². The Bertz CT molecular complexity index is 738. The molecule has 1 amide bonds. The predicted molar refractivity (Wildman–Crippen MR) is 98.2 cm³/mol. The van der Waals surface area contributed by atoms with E-state index in [1.165, 1.54) is 0 Å². The van der Waals surface area contributed by atoms with Crippen LogP contribution in [0.2, 0.25) is 0 Å². The molecule has 0 radical (unpaired) electrons. The highest BCUT2D eigenvalue weighted by atomic mass is 16.5. The summed E-state index contributed by atoms with van der Waals surface area (Å²) in [5.74, 6) is 1.66. The van der Waals surface area contributed by atoms with Gasteiger partial charge in [0.05, 0.1) is 19.6 Å². The predicted octanol–water partition coefficient (Wildman–Crippen LogP) is 3.44. The molecule has 0 heterocycles. The number of ether oxygens (including phenoxy) is 2. The Morgan fingerprint density at radius 2 is 1.72 bits per heavy atom. The fourth-order valence-corrected chi connectivity index (χ4v) is 3.31. The van der Waals surface area contributed by atoms with E-state index in [1.807, 2.05) is 48.3 Å². The zero-order valence-corrected chi connectivity index (χ0v) is 15.1. The quantitative estimate of drug-likeness (QED) is 0.776. The van der Waals surface area contributed by atoms with Crippen LogP contribution in [0, 0.1) is 0 Å². The van der Waals surface area contributed by atoms with Gasteiger partial charge in [-0.15, -0.1) is 0 Å². The number of rotatable bonds is 7. The Labute approximate surface area is 149 Å². The summed E-state index contributed by atoms with van der Waals surface area (Å²) < 4.78 is 10.6. The molecule has 1 saturated carbocycles. The normalized spacial score (nSPS) is 14.7. The average Bonchev–Trinajstić information content (AvgIpc) is 3.47. The van der Waals surface area contributed by atoms with Crippen LogP contribution in [-0.4, -0.2) is 38.6 Å². The van der Waals surface area contributed by atoms with E-state index in [1.54, 1.807) is 14.2 Å². The van der Waals surface area contributed by atoms with Gasteiger partial charge in [-0.3, -0.25) is 4.79 Å². The van der Waals surface area contributed by atoms with Crippen molar-refractivity contribution in [3.63, 3.8) is 0 Å². The molecule has 1 fully saturated rings. The Balaban J connectivity index is 1.65. The van der Waals surface area contributed by atoms with Crippen LogP contribution in [0.4, 0.5) is 0 Å². The second kappa shape index (κ2) is 7.18. The summed E-state index contributed by atoms with van der Waals surface area (Å²) in [6, 6.07) is 16.0. The smallest absolute Gasteiger partial charge is 0.232 e. The van der Waals surface area contributed by atoms with E-state index >= 15 is 0 Å². The number of hydrogen-bond acceptors (Lipinski definition) is 3. The van der Waals surface area contributed by atoms with Crippen LogP contribution in [0.25, 0.3) is 0 Å². The van der Waals surface area contributed by atoms with Gasteiger partial charge in [-0.2, -0.15) is 0 Å². The van der Waals surface area contributed by atoms with Crippen molar-refractivity contribution in [2.24, 2.45) is 0 Å². The van der Waals surface area contributed by atoms with Crippen LogP contribution < -0.4 is 9.47 Å². The maximum Gasteiger partial charge on any atom is 0.232 e. The van der Waals surface area contributed by atoms with Crippen LogP contribution in [-0.2, 0) is 16.6 Å². The van der Waals surface area contributed by atoms with Gasteiger partial charge in [0.15, 0.2) is 11.5 Å². The second-order valence-electron chi connectivity index (χ2n) is 6.61. The van der Waals surface area contributed by atoms with Gasteiger partial charge in [-0.1, -0.05) is 36.4 Å². The summed E-state index contributed by atoms with van der Waals surface area (Å²) in [6.45, 7) is 0.683. The van der Waals surface area contributed by atoms with E-state index in [9.17, 15) is 4.79 Å². The van der Waals surface area contributed by atoms with E-state index in [4.69, 9.17) is 9.47 Å². The molecule has 1 aliphatic carbocycles. The van der Waals surface area contributed by atoms with Crippen LogP contribution in [0.3, 0.4) is 0 Å². The van der Waals surface area contributed by atoms with E-state index in [2.05, 4.69) is 12.1 Å². The summed E-state index contributed by atoms with van der Waals surface area (Å²) in [7, 11) is 5.16. The van der Waals surface area contributed by atoms with Crippen molar-refractivity contribution in [1.82, 2.24) is 4.90 Å². The summed E-state index contributed by atoms with van der Waals surface area (Å²) >= 11 is 0. The van der Waals surface area contributed by atoms with Gasteiger partial charge in [0.2, 0.25) is 5.91 Å². The molecule has 4 heteroatoms. The van der Waals surface area contributed by atoms with Crippen molar-refractivity contribution in [1.29, 1.82) is 0 Å². The number of nitrogens with zero attached hydrogens (tertiary/aromatic N) is 1. The molecule has 3 rings (SSSR count). The highest BCUT2D eigenvalue weighted by molar-refractivity contribution is 5.91. The van der Waals surface area contributed by atoms with Crippen molar-refractivity contribution in [2.45, 2.75) is 24.7 Å². The zero-order chi connectivity index (χ0) is 17.9. The SMILES string of the molecule is COc1ccc(CCN(C)C(=O)C2(c3ccccc3)CC2)cc1OC. The van der Waals surface area contributed by atoms with Crippen LogP contribution in [0.5, 0.6) is 11.5 Å². The van der Waals surface area contributed by atoms with Crippen LogP contribution in [0.1, 0.15) is 24.0 Å². The van der Waals surface area contributed by atoms with Gasteiger partial charge in [0, 0.05) is 13.6 Å². The van der Waals surface area contributed by atoms with Crippen molar-refractivity contribution < 1.29 is 14.3 Å². The van der Waals surface area contributed by atoms with Gasteiger partial charge in [-0.05, 0) is 42.5 Å². The number of carbonyl (C=O) groups is 1. The molecule has 0 aliphatic heterocycles. The number of amides is 1. The number of hydrogen-bond donors (Lipinski definition) is 0. The lowest BCUT2D eigenvalue weighted by molar-refractivity contribution is -0.132. The van der Waals surface area contributed by atoms with Crippen LogP contribution >= 0.6 is 0 Å². The highest BCUT2D eigenvalue weighted by Gasteiger charge is 2.52. The first-order valence-electron chi connectivity index (χ1n) is 8.63. The Hall–Kier alpha value is -2.49. The highest BCUT2D eigenvalue weighted by Crippen LogP contribution is 2.49. The van der Waals surface area contributed by atoms with Crippen molar-refractivity contribution in [3.8, 4) is 11.5 Å². The number of carbonyl (C=O) groups excluding carboxylic acids is 1. The molecule has 0 N–H and O–H groups in total. The Kier molecular flexibility index (Phi) is 4.98. The molecule has 25 heavy (non-hydrogen) atoms. The molecule has 0 saturated heterocycles. The molecule has 0 aromatic heterocycles. The maximum atomic E-state index is 13.0. The lowest BCUT2D eigenvalue weighted by atomic mass is 9.94. The average molecular weight is 339 g/mol. The Morgan fingerprint density at radius 1 is 1.04 bits per heavy atom. The first-order valence-corrected chi connectivity index (χ1v) is 8.63. The van der Waals surface area contributed by atoms with E-state index in [0.29, 0.717) is 6.54 Å². The van der Waals surface area contributed by atoms with Gasteiger partial charge < -0.3 is 14.4 Å². The summed E-state index contributed by atoms with van der Waals surface area (Å²) in [6.07, 6.45) is 2.67. The fourth-order valence-electron chi connectivity index (χ4n) is 3.31. The largest absolute Gasteiger partial charge is 0.493 e. The molecule has 2 aromatic carbocycles. The minimum absolute atomic E-state index is 0.221. The molecule has 132 valence electrons. The summed E-state index contributed by atoms with van der Waals surface area (Å²) in [4.78, 5) is 14.8. The standard InChI is InChI=1S/C21H25NO3/c1-22(14-11-16-9-10-18(24-2)19(15-16)25-3)20(23)21(12-13-21)17-7-5-4-6-8-17/h4-10,15H,11-14H2,1-3H3. The first kappa shape index (κ1) is 17.3. The molecule has 0 unspecified atom stereocenters. The van der Waals surface area contributed by atoms with Crippen molar-refractivity contribution >= 4 is 5.91 Å². The number of benzene rings is 2. The Morgan fingerprint density at radius 3 is 2.32 bits per heavy atom. The summed E-state index contributed by atoms with van der Waals surface area (Å²) in [5, 5.41) is 0. The summed E-state index contributed by atoms with van der Waals surface area (Å²) in [5.41, 5.74) is 1.97. The molecule has 0 bridgehead atoms. The second-order valence-corrected chi connectivity index (χ2v) is 6.61. The maximum absolute atomic E-state index is 13.0. The molecular formula is C21H25NO3. The monoisotopic (exact) mass is 339 g/mol. The molecule has 2 aromatic rings. The molecule has 0 spiro atoms. The van der Waals surface area contributed by atoms with Crippen LogP contribution in [0.15, 0.2) is 48.5 Å².